The van der Waals surface area contributed by atoms with Crippen molar-refractivity contribution >= 4 is 29.5 Å². The van der Waals surface area contributed by atoms with E-state index in [2.05, 4.69) is 39.4 Å². The monoisotopic (exact) mass is 1020 g/mol. The number of nitrogens with zero attached hydrogens (tertiary/aromatic N) is 6. The summed E-state index contributed by atoms with van der Waals surface area (Å²) in [5, 5.41) is 26.3. The van der Waals surface area contributed by atoms with Gasteiger partial charge in [-0.1, -0.05) is 32.4 Å². The molecule has 0 aliphatic heterocycles. The van der Waals surface area contributed by atoms with Crippen LogP contribution in [0.2, 0.25) is 5.15 Å². The fourth-order valence-corrected chi connectivity index (χ4v) is 2.71. The van der Waals surface area contributed by atoms with Crippen LogP contribution >= 0.6 is 11.6 Å². The van der Waals surface area contributed by atoms with Crippen molar-refractivity contribution in [3.63, 3.8) is 0 Å². The van der Waals surface area contributed by atoms with E-state index in [9.17, 15) is 72.2 Å². The summed E-state index contributed by atoms with van der Waals surface area (Å²) in [6.07, 6.45) is -5.53. The van der Waals surface area contributed by atoms with Gasteiger partial charge in [-0.25, -0.2) is 70.6 Å². The summed E-state index contributed by atoms with van der Waals surface area (Å²) in [6.45, 7) is 10.3. The molecule has 0 amide bonds. The standard InChI is InChI=1S/C12H14F4N2O3.C9H11ClN2O2.C8H6F4N2O3.C4H9O.C3H4F4O.K/c1-11(2,3)21-9(19)7-4-18-8(5-17-7)20-6-12(15,16)10(13)14;1-9(2,3)14-8(13)6-4-12-7(10)5-11-6;9-7(10)8(11,12)3-17-5-2-13-4(1-14-5)6(15)16;1-4(2,3)5;4-2(5)3(6,7)1-8;/h4-5,10H,6H2,1-3H3;4-5H,1-3H3;1-2,7H,3H2,(H,15,16);1-3H3;2,8H,1H2;/q;;;-1;;+1. The number of ether oxygens (including phenoxy) is 4. The number of carbonyl (C=O) groups is 3. The molecule has 0 spiro atoms. The second-order valence-electron chi connectivity index (χ2n) is 15.0. The number of hydrogen-bond donors (Lipinski definition) is 2. The Morgan fingerprint density at radius 2 is 0.879 bits per heavy atom. The summed E-state index contributed by atoms with van der Waals surface area (Å²) in [5.74, 6) is -16.3. The van der Waals surface area contributed by atoms with Gasteiger partial charge in [0.15, 0.2) is 30.3 Å². The molecule has 0 radical (unpaired) electrons. The van der Waals surface area contributed by atoms with Crippen LogP contribution in [0.1, 0.15) is 93.8 Å². The predicted molar refractivity (Wildman–Crippen MR) is 199 cm³/mol. The number of carbonyl (C=O) groups excluding carboxylic acids is 2. The first-order valence-corrected chi connectivity index (χ1v) is 18.0. The fourth-order valence-electron chi connectivity index (χ4n) is 2.61. The average Bonchev–Trinajstić information content (AvgIpc) is 3.15. The zero-order chi connectivity index (χ0) is 51.4. The number of aliphatic hydroxyl groups excluding tert-OH is 1. The number of aromatic carboxylic acids is 1. The first-order chi connectivity index (χ1) is 29.2. The van der Waals surface area contributed by atoms with Crippen LogP contribution < -0.4 is 66.0 Å². The van der Waals surface area contributed by atoms with E-state index in [1.54, 1.807) is 62.3 Å². The molecule has 0 aliphatic rings. The van der Waals surface area contributed by atoms with Gasteiger partial charge in [0.05, 0.1) is 37.2 Å². The second-order valence-corrected chi connectivity index (χ2v) is 15.4. The smallest absolute Gasteiger partial charge is 0.850 e. The molecule has 30 heteroatoms. The summed E-state index contributed by atoms with van der Waals surface area (Å²) in [5.41, 5.74) is -2.42. The van der Waals surface area contributed by atoms with E-state index in [0.717, 1.165) is 24.8 Å². The van der Waals surface area contributed by atoms with Crippen LogP contribution in [0.25, 0.3) is 0 Å². The number of rotatable bonds is 13. The Morgan fingerprint density at radius 1 is 0.576 bits per heavy atom. The Bertz CT molecular complexity index is 1870. The van der Waals surface area contributed by atoms with Crippen LogP contribution in [0.5, 0.6) is 11.8 Å². The number of aliphatic hydroxyl groups is 1. The Morgan fingerprint density at radius 3 is 1.09 bits per heavy atom. The van der Waals surface area contributed by atoms with Crippen molar-refractivity contribution in [3.8, 4) is 11.8 Å². The molecule has 3 rings (SSSR count). The average molecular weight is 1020 g/mol. The molecule has 0 fully saturated rings. The first kappa shape index (κ1) is 66.5. The van der Waals surface area contributed by atoms with Gasteiger partial charge in [-0.2, -0.15) is 26.3 Å². The molecule has 0 unspecified atom stereocenters. The van der Waals surface area contributed by atoms with Crippen molar-refractivity contribution < 1.29 is 153 Å². The van der Waals surface area contributed by atoms with E-state index >= 15 is 0 Å². The van der Waals surface area contributed by atoms with Gasteiger partial charge in [-0.3, -0.25) is 0 Å². The SMILES string of the molecule is CC(C)(C)OC(=O)c1cnc(Cl)cn1.CC(C)(C)OC(=O)c1cnc(OCC(F)(F)C(F)F)cn1.CC(C)(C)[O-].O=C(O)c1cnc(OCC(F)(F)C(F)F)cn1.OCC(F)(F)C(F)F.[K+]. The molecule has 16 nitrogen and oxygen atoms in total. The van der Waals surface area contributed by atoms with Crippen LogP contribution in [0.4, 0.5) is 52.7 Å². The van der Waals surface area contributed by atoms with Gasteiger partial charge in [0, 0.05) is 0 Å². The summed E-state index contributed by atoms with van der Waals surface area (Å²) in [4.78, 5) is 54.6. The van der Waals surface area contributed by atoms with Gasteiger partial charge in [0.2, 0.25) is 11.8 Å². The molecule has 370 valence electrons. The molecular formula is C36H44ClF12KN6O10. The minimum atomic E-state index is -4.30. The second kappa shape index (κ2) is 29.2. The van der Waals surface area contributed by atoms with Gasteiger partial charge in [0.25, 0.3) is 0 Å². The number of esters is 2. The van der Waals surface area contributed by atoms with Crippen molar-refractivity contribution in [2.24, 2.45) is 0 Å². The minimum absolute atomic E-state index is 0. The Hall–Kier alpha value is -3.74. The van der Waals surface area contributed by atoms with Gasteiger partial charge in [-0.05, 0) is 41.5 Å². The Labute approximate surface area is 416 Å². The van der Waals surface area contributed by atoms with E-state index < -0.39 is 109 Å². The van der Waals surface area contributed by atoms with Crippen LogP contribution in [0, 0.1) is 0 Å². The largest absolute Gasteiger partial charge is 1.00 e. The van der Waals surface area contributed by atoms with E-state index in [4.69, 9.17) is 31.3 Å². The molecular weight excluding hydrogens is 979 g/mol. The van der Waals surface area contributed by atoms with Crippen LogP contribution in [-0.4, -0.2) is 132 Å². The van der Waals surface area contributed by atoms with Gasteiger partial charge < -0.3 is 34.3 Å². The molecule has 2 N–H and O–H groups in total. The summed E-state index contributed by atoms with van der Waals surface area (Å²) in [6, 6.07) is 0. The Balaban J connectivity index is -0.000000800. The maximum Gasteiger partial charge on any atom is 1.00 e. The Kier molecular flexibility index (Phi) is 29.4. The minimum Gasteiger partial charge on any atom is -0.850 e. The van der Waals surface area contributed by atoms with Crippen molar-refractivity contribution in [1.82, 2.24) is 29.9 Å². The van der Waals surface area contributed by atoms with Crippen molar-refractivity contribution in [2.75, 3.05) is 19.8 Å². The number of carboxylic acids is 1. The molecule has 3 heterocycles. The van der Waals surface area contributed by atoms with Crippen molar-refractivity contribution in [2.45, 2.75) is 116 Å². The molecule has 0 atom stereocenters. The molecule has 66 heavy (non-hydrogen) atoms. The normalized spacial score (nSPS) is 11.7. The maximum atomic E-state index is 12.6. The van der Waals surface area contributed by atoms with Gasteiger partial charge in [0.1, 0.15) is 23.0 Å². The van der Waals surface area contributed by atoms with Gasteiger partial charge >= 0.3 is 106 Å². The van der Waals surface area contributed by atoms with Crippen LogP contribution in [-0.2, 0) is 9.47 Å². The third-order valence-electron chi connectivity index (χ3n) is 5.31. The third kappa shape index (κ3) is 32.0. The fraction of sp³-hybridized carbons (Fsp3) is 0.583. The topological polar surface area (TPSA) is 229 Å². The van der Waals surface area contributed by atoms with E-state index in [1.165, 1.54) is 12.4 Å². The molecule has 3 aromatic heterocycles. The van der Waals surface area contributed by atoms with E-state index in [-0.39, 0.29) is 67.9 Å². The molecule has 0 aliphatic carbocycles. The number of aromatic nitrogens is 6. The summed E-state index contributed by atoms with van der Waals surface area (Å²) >= 11 is 5.52. The molecule has 3 aromatic rings. The molecule has 0 saturated carbocycles. The zero-order valence-corrected chi connectivity index (χ0v) is 40.5. The number of hydrogen-bond acceptors (Lipinski definition) is 15. The molecule has 0 bridgehead atoms. The van der Waals surface area contributed by atoms with Gasteiger partial charge in [-0.15, -0.1) is 5.60 Å². The van der Waals surface area contributed by atoms with E-state index in [0.29, 0.717) is 0 Å². The van der Waals surface area contributed by atoms with Crippen LogP contribution in [0.3, 0.4) is 0 Å². The van der Waals surface area contributed by atoms with E-state index in [1.807, 2.05) is 0 Å². The van der Waals surface area contributed by atoms with Crippen molar-refractivity contribution in [1.29, 1.82) is 0 Å². The molecule has 0 aromatic carbocycles. The summed E-state index contributed by atoms with van der Waals surface area (Å²) in [7, 11) is 0. The van der Waals surface area contributed by atoms with Crippen molar-refractivity contribution in [3.05, 3.63) is 59.4 Å². The third-order valence-corrected chi connectivity index (χ3v) is 5.50. The zero-order valence-electron chi connectivity index (χ0n) is 36.6. The summed E-state index contributed by atoms with van der Waals surface area (Å²) < 4.78 is 161. The molecule has 0 saturated heterocycles. The number of halogens is 13. The maximum absolute atomic E-state index is 12.6. The van der Waals surface area contributed by atoms with Crippen LogP contribution in [0.15, 0.2) is 37.2 Å². The number of carboxylic acid groups (broad SMARTS) is 1. The number of alkyl halides is 12. The first-order valence-electron chi connectivity index (χ1n) is 17.6. The predicted octanol–water partition coefficient (Wildman–Crippen LogP) is 4.28. The quantitative estimate of drug-likeness (QED) is 0.138.